The number of carbonyl (C=O) groups is 1. The summed E-state index contributed by atoms with van der Waals surface area (Å²) in [4.78, 5) is 14.6. The summed E-state index contributed by atoms with van der Waals surface area (Å²) in [6.07, 6.45) is -8.13. The standard InChI is InChI=1S/C10H7BrF5NO2/c1-2-19-9(18)7-6(11)4(10(14,15)16)3-5(17-7)8(12)13/h3,8H,2H2,1H3. The lowest BCUT2D eigenvalue weighted by atomic mass is 10.2. The molecule has 0 atom stereocenters. The van der Waals surface area contributed by atoms with Crippen LogP contribution in [-0.4, -0.2) is 17.6 Å². The topological polar surface area (TPSA) is 39.2 Å². The Morgan fingerprint density at radius 1 is 1.47 bits per heavy atom. The molecule has 0 saturated carbocycles. The smallest absolute Gasteiger partial charge is 0.417 e. The van der Waals surface area contributed by atoms with Gasteiger partial charge in [-0.15, -0.1) is 0 Å². The molecule has 0 aliphatic heterocycles. The second kappa shape index (κ2) is 5.81. The van der Waals surface area contributed by atoms with Crippen LogP contribution in [0.4, 0.5) is 22.0 Å². The summed E-state index contributed by atoms with van der Waals surface area (Å²) in [7, 11) is 0. The van der Waals surface area contributed by atoms with Gasteiger partial charge in [0, 0.05) is 0 Å². The van der Waals surface area contributed by atoms with Gasteiger partial charge in [-0.25, -0.2) is 18.6 Å². The zero-order valence-corrected chi connectivity index (χ0v) is 11.0. The third-order valence-electron chi connectivity index (χ3n) is 1.98. The van der Waals surface area contributed by atoms with Gasteiger partial charge < -0.3 is 4.74 Å². The molecule has 1 heterocycles. The minimum atomic E-state index is -4.90. The van der Waals surface area contributed by atoms with E-state index in [1.807, 2.05) is 0 Å². The van der Waals surface area contributed by atoms with Crippen LogP contribution < -0.4 is 0 Å². The van der Waals surface area contributed by atoms with Crippen molar-refractivity contribution in [1.82, 2.24) is 4.98 Å². The molecule has 0 aromatic carbocycles. The second-order valence-electron chi connectivity index (χ2n) is 3.28. The van der Waals surface area contributed by atoms with Crippen LogP contribution in [-0.2, 0) is 10.9 Å². The second-order valence-corrected chi connectivity index (χ2v) is 4.07. The average molecular weight is 348 g/mol. The van der Waals surface area contributed by atoms with Gasteiger partial charge >= 0.3 is 12.1 Å². The third kappa shape index (κ3) is 3.62. The zero-order valence-electron chi connectivity index (χ0n) is 9.39. The molecule has 0 radical (unpaired) electrons. The van der Waals surface area contributed by atoms with E-state index in [0.29, 0.717) is 0 Å². The van der Waals surface area contributed by atoms with E-state index in [0.717, 1.165) is 0 Å². The zero-order chi connectivity index (χ0) is 14.8. The van der Waals surface area contributed by atoms with E-state index in [1.54, 1.807) is 0 Å². The maximum Gasteiger partial charge on any atom is 0.417 e. The van der Waals surface area contributed by atoms with Gasteiger partial charge in [-0.1, -0.05) is 0 Å². The van der Waals surface area contributed by atoms with Crippen molar-refractivity contribution >= 4 is 21.9 Å². The van der Waals surface area contributed by atoms with Gasteiger partial charge in [0.15, 0.2) is 5.69 Å². The molecule has 0 amide bonds. The van der Waals surface area contributed by atoms with E-state index < -0.39 is 40.0 Å². The van der Waals surface area contributed by atoms with E-state index in [1.165, 1.54) is 6.92 Å². The van der Waals surface area contributed by atoms with Gasteiger partial charge in [-0.2, -0.15) is 13.2 Å². The van der Waals surface area contributed by atoms with E-state index >= 15 is 0 Å². The normalized spacial score (nSPS) is 11.8. The van der Waals surface area contributed by atoms with E-state index in [9.17, 15) is 26.7 Å². The minimum Gasteiger partial charge on any atom is -0.461 e. The number of halogens is 6. The lowest BCUT2D eigenvalue weighted by Gasteiger charge is -2.13. The first-order chi connectivity index (χ1) is 8.68. The van der Waals surface area contributed by atoms with Crippen LogP contribution >= 0.6 is 15.9 Å². The molecule has 1 rings (SSSR count). The molecule has 0 spiro atoms. The number of carbonyl (C=O) groups excluding carboxylic acids is 1. The number of aromatic nitrogens is 1. The molecule has 0 aliphatic rings. The maximum absolute atomic E-state index is 12.7. The summed E-state index contributed by atoms with van der Waals surface area (Å²) in [5, 5.41) is 0. The highest BCUT2D eigenvalue weighted by atomic mass is 79.9. The number of nitrogens with zero attached hydrogens (tertiary/aromatic N) is 1. The van der Waals surface area contributed by atoms with E-state index in [4.69, 9.17) is 0 Å². The Kier molecular flexibility index (Phi) is 4.83. The first-order valence-electron chi connectivity index (χ1n) is 4.91. The van der Waals surface area contributed by atoms with Gasteiger partial charge in [-0.3, -0.25) is 0 Å². The molecule has 0 N–H and O–H groups in total. The summed E-state index contributed by atoms with van der Waals surface area (Å²) in [6.45, 7) is 1.31. The van der Waals surface area contributed by atoms with Crippen LogP contribution in [0.1, 0.15) is 35.1 Å². The molecular formula is C10H7BrF5NO2. The maximum atomic E-state index is 12.7. The summed E-state index contributed by atoms with van der Waals surface area (Å²) >= 11 is 2.54. The molecular weight excluding hydrogens is 341 g/mol. The molecule has 1 aromatic heterocycles. The van der Waals surface area contributed by atoms with Crippen molar-refractivity contribution in [3.8, 4) is 0 Å². The van der Waals surface area contributed by atoms with Crippen molar-refractivity contribution in [1.29, 1.82) is 0 Å². The Morgan fingerprint density at radius 2 is 2.05 bits per heavy atom. The van der Waals surface area contributed by atoms with Gasteiger partial charge in [0.05, 0.1) is 16.6 Å². The molecule has 0 unspecified atom stereocenters. The predicted molar refractivity (Wildman–Crippen MR) is 57.9 cm³/mol. The van der Waals surface area contributed by atoms with Crippen molar-refractivity contribution in [2.24, 2.45) is 0 Å². The van der Waals surface area contributed by atoms with Crippen LogP contribution in [0.25, 0.3) is 0 Å². The van der Waals surface area contributed by atoms with Gasteiger partial charge in [0.1, 0.15) is 5.69 Å². The van der Waals surface area contributed by atoms with Crippen molar-refractivity contribution in [2.45, 2.75) is 19.5 Å². The first kappa shape index (κ1) is 15.8. The van der Waals surface area contributed by atoms with Crippen LogP contribution in [0.3, 0.4) is 0 Å². The van der Waals surface area contributed by atoms with Crippen LogP contribution in [0.2, 0.25) is 0 Å². The fourth-order valence-corrected chi connectivity index (χ4v) is 1.79. The molecule has 19 heavy (non-hydrogen) atoms. The summed E-state index contributed by atoms with van der Waals surface area (Å²) in [5.41, 5.74) is -3.37. The number of ether oxygens (including phenoxy) is 1. The Bertz CT molecular complexity index is 490. The van der Waals surface area contributed by atoms with Crippen molar-refractivity contribution < 1.29 is 31.5 Å². The Hall–Kier alpha value is -1.25. The van der Waals surface area contributed by atoms with Crippen molar-refractivity contribution in [2.75, 3.05) is 6.61 Å². The largest absolute Gasteiger partial charge is 0.461 e. The highest BCUT2D eigenvalue weighted by molar-refractivity contribution is 9.10. The monoisotopic (exact) mass is 347 g/mol. The van der Waals surface area contributed by atoms with E-state index in [2.05, 4.69) is 25.7 Å². The Balaban J connectivity index is 3.46. The minimum absolute atomic E-state index is 0.118. The summed E-state index contributed by atoms with van der Waals surface area (Å²) < 4.78 is 66.7. The molecule has 3 nitrogen and oxygen atoms in total. The molecule has 0 aliphatic carbocycles. The highest BCUT2D eigenvalue weighted by Crippen LogP contribution is 2.38. The average Bonchev–Trinajstić information content (AvgIpc) is 2.27. The molecule has 106 valence electrons. The highest BCUT2D eigenvalue weighted by Gasteiger charge is 2.37. The summed E-state index contributed by atoms with van der Waals surface area (Å²) in [5.74, 6) is -1.21. The third-order valence-corrected chi connectivity index (χ3v) is 2.78. The first-order valence-corrected chi connectivity index (χ1v) is 5.70. The number of rotatable bonds is 3. The fraction of sp³-hybridized carbons (Fsp3) is 0.400. The number of alkyl halides is 5. The molecule has 1 aromatic rings. The Labute approximate surface area is 112 Å². The Morgan fingerprint density at radius 3 is 2.47 bits per heavy atom. The van der Waals surface area contributed by atoms with Crippen LogP contribution in [0, 0.1) is 0 Å². The molecule has 0 saturated heterocycles. The van der Waals surface area contributed by atoms with Gasteiger partial charge in [0.25, 0.3) is 6.43 Å². The number of hydrogen-bond donors (Lipinski definition) is 0. The number of pyridine rings is 1. The van der Waals surface area contributed by atoms with Gasteiger partial charge in [0.2, 0.25) is 0 Å². The van der Waals surface area contributed by atoms with Crippen molar-refractivity contribution in [3.63, 3.8) is 0 Å². The predicted octanol–water partition coefficient (Wildman–Crippen LogP) is 3.98. The lowest BCUT2D eigenvalue weighted by Crippen LogP contribution is -2.15. The molecule has 0 fully saturated rings. The SMILES string of the molecule is CCOC(=O)c1nc(C(F)F)cc(C(F)(F)F)c1Br. The number of hydrogen-bond acceptors (Lipinski definition) is 3. The van der Waals surface area contributed by atoms with Crippen LogP contribution in [0.15, 0.2) is 10.5 Å². The lowest BCUT2D eigenvalue weighted by molar-refractivity contribution is -0.138. The van der Waals surface area contributed by atoms with Crippen molar-refractivity contribution in [3.05, 3.63) is 27.5 Å². The van der Waals surface area contributed by atoms with Crippen LogP contribution in [0.5, 0.6) is 0 Å². The fourth-order valence-electron chi connectivity index (χ4n) is 1.20. The number of esters is 1. The summed E-state index contributed by atoms with van der Waals surface area (Å²) in [6, 6.07) is 0.192. The molecule has 9 heteroatoms. The quantitative estimate of drug-likeness (QED) is 0.613. The van der Waals surface area contributed by atoms with Gasteiger partial charge in [-0.05, 0) is 28.9 Å². The van der Waals surface area contributed by atoms with E-state index in [-0.39, 0.29) is 12.7 Å². The molecule has 0 bridgehead atoms.